The molecule has 0 rings (SSSR count). The molecule has 4 radical (unpaired) electrons. The molecule has 0 aromatic carbocycles. The molecule has 0 saturated carbocycles. The predicted molar refractivity (Wildman–Crippen MR) is 102 cm³/mol. The Hall–Kier alpha value is 5.22. The Morgan fingerprint density at radius 2 is 0.947 bits per heavy atom. The Labute approximate surface area is 257 Å². The van der Waals surface area contributed by atoms with E-state index in [0.29, 0.717) is 5.92 Å². The standard InChI is InChI=1S/C4H11N.CH5N3.CH5N.7HI.Pb/c1-4(2)3-5;2-1(3)4;1-2;;;;;;;;/h4H,3,5H2,1-2H3;(H5,2,3,4);2H2,1H3;7*1H;/p-4. The molecule has 0 heterocycles. The zero-order chi connectivity index (χ0) is 9.86. The maximum absolute atomic E-state index is 6.06. The van der Waals surface area contributed by atoms with Crippen molar-refractivity contribution in [3.8, 4) is 0 Å². The van der Waals surface area contributed by atoms with Gasteiger partial charge in [0.05, 0.1) is 0 Å². The van der Waals surface area contributed by atoms with Crippen molar-refractivity contribution in [3.05, 3.63) is 0 Å². The average Bonchev–Trinajstić information content (AvgIpc) is 1.91. The molecule has 0 fully saturated rings. The number of nitrogens with one attached hydrogen (secondary N) is 1. The van der Waals surface area contributed by atoms with Crippen LogP contribution in [0.25, 0.3) is 0 Å². The Morgan fingerprint density at radius 1 is 0.895 bits per heavy atom. The van der Waals surface area contributed by atoms with E-state index in [1.807, 2.05) is 0 Å². The van der Waals surface area contributed by atoms with Gasteiger partial charge in [-0.3, -0.25) is 5.41 Å². The van der Waals surface area contributed by atoms with E-state index in [1.54, 1.807) is 0 Å². The zero-order valence-electron chi connectivity index (χ0n) is 10.8. The van der Waals surface area contributed by atoms with Crippen LogP contribution in [-0.4, -0.2) is 46.9 Å². The van der Waals surface area contributed by atoms with Crippen molar-refractivity contribution >= 4 is 105 Å². The van der Waals surface area contributed by atoms with Crippen molar-refractivity contribution in [1.82, 2.24) is 0 Å². The van der Waals surface area contributed by atoms with Crippen LogP contribution in [0, 0.1) is 11.3 Å². The van der Waals surface area contributed by atoms with Crippen LogP contribution in [0.4, 0.5) is 0 Å². The first-order valence-electron chi connectivity index (χ1n) is 3.38. The van der Waals surface area contributed by atoms with Gasteiger partial charge >= 0.3 is 0 Å². The van der Waals surface area contributed by atoms with Crippen LogP contribution in [0.3, 0.4) is 0 Å². The summed E-state index contributed by atoms with van der Waals surface area (Å²) < 4.78 is 0. The van der Waals surface area contributed by atoms with E-state index >= 15 is 0 Å². The quantitative estimate of drug-likeness (QED) is 0.0775. The van der Waals surface area contributed by atoms with Crippen molar-refractivity contribution in [1.29, 1.82) is 5.41 Å². The largest absolute Gasteiger partial charge is 1.00 e. The summed E-state index contributed by atoms with van der Waals surface area (Å²) in [6.07, 6.45) is 0. The van der Waals surface area contributed by atoms with Gasteiger partial charge in [0.1, 0.15) is 0 Å². The molecule has 0 aliphatic carbocycles. The van der Waals surface area contributed by atoms with Gasteiger partial charge in [0.15, 0.2) is 5.96 Å². The summed E-state index contributed by atoms with van der Waals surface area (Å²) in [5.74, 6) is 0.329. The topological polar surface area (TPSA) is 128 Å². The molecule has 9 N–H and O–H groups in total. The average molecular weight is 1260 g/mol. The Balaban J connectivity index is -0.00000000484. The van der Waals surface area contributed by atoms with Crippen molar-refractivity contribution in [2.75, 3.05) is 13.6 Å². The fourth-order valence-electron chi connectivity index (χ4n) is 0. The van der Waals surface area contributed by atoms with Crippen molar-refractivity contribution in [2.45, 2.75) is 13.8 Å². The van der Waals surface area contributed by atoms with Gasteiger partial charge in [-0.1, -0.05) is 13.8 Å². The Bertz CT molecular complexity index is 90.4. The van der Waals surface area contributed by atoms with Crippen LogP contribution in [0.1, 0.15) is 13.8 Å². The van der Waals surface area contributed by atoms with Crippen molar-refractivity contribution < 1.29 is 95.9 Å². The van der Waals surface area contributed by atoms with E-state index in [-0.39, 0.29) is 201 Å². The van der Waals surface area contributed by atoms with Crippen LogP contribution < -0.4 is 119 Å². The second-order valence-corrected chi connectivity index (χ2v) is 2.08. The fourth-order valence-corrected chi connectivity index (χ4v) is 0. The fraction of sp³-hybridized carbons (Fsp3) is 0.833. The van der Waals surface area contributed by atoms with Gasteiger partial charge in [0, 0.05) is 27.3 Å². The third kappa shape index (κ3) is 201. The smallest absolute Gasteiger partial charge is 0.183 e. The summed E-state index contributed by atoms with van der Waals surface area (Å²) in [4.78, 5) is 0. The number of hydrogen-bond donors (Lipinski definition) is 5. The van der Waals surface area contributed by atoms with Crippen LogP contribution >= 0.6 is 71.9 Å². The molecular weight excluding hydrogens is 1240 g/mol. The molecule has 0 unspecified atom stereocenters. The van der Waals surface area contributed by atoms with Crippen LogP contribution in [0.2, 0.25) is 0 Å². The van der Waals surface area contributed by atoms with E-state index in [9.17, 15) is 0 Å². The van der Waals surface area contributed by atoms with E-state index in [0.717, 1.165) is 6.54 Å². The SMILES string of the molecule is CC(C)CN.CN.I.I.I.N=C(N)N.[I-].[I-].[I-].[I-].[Pb]. The minimum Gasteiger partial charge on any atom is -1.00 e. The molecule has 0 atom stereocenters. The third-order valence-electron chi connectivity index (χ3n) is 0.471. The Kier molecular flexibility index (Phi) is 302. The summed E-state index contributed by atoms with van der Waals surface area (Å²) in [6, 6.07) is 0. The predicted octanol–water partition coefficient (Wildman–Crippen LogP) is -11.5. The molecule has 0 amide bonds. The molecule has 0 aromatic heterocycles. The van der Waals surface area contributed by atoms with E-state index in [2.05, 4.69) is 31.0 Å². The summed E-state index contributed by atoms with van der Waals surface area (Å²) in [5.41, 5.74) is 18.6. The molecule has 5 nitrogen and oxygen atoms in total. The van der Waals surface area contributed by atoms with Gasteiger partial charge in [0.2, 0.25) is 0 Å². The first-order valence-corrected chi connectivity index (χ1v) is 3.38. The van der Waals surface area contributed by atoms with Gasteiger partial charge < -0.3 is 119 Å². The van der Waals surface area contributed by atoms with Gasteiger partial charge in [-0.2, -0.15) is 0 Å². The van der Waals surface area contributed by atoms with E-state index in [1.165, 1.54) is 7.05 Å². The number of hydrogen-bond acceptors (Lipinski definition) is 3. The molecule has 0 aliphatic heterocycles. The zero-order valence-corrected chi connectivity index (χ0v) is 30.3. The number of rotatable bonds is 1. The molecule has 0 bridgehead atoms. The molecule has 19 heavy (non-hydrogen) atoms. The normalized spacial score (nSPS) is 4.11. The van der Waals surface area contributed by atoms with Gasteiger partial charge in [0.25, 0.3) is 0 Å². The molecule has 0 aromatic rings. The summed E-state index contributed by atoms with van der Waals surface area (Å²) in [5, 5.41) is 6.06. The van der Waals surface area contributed by atoms with Crippen molar-refractivity contribution in [2.24, 2.45) is 28.9 Å². The van der Waals surface area contributed by atoms with Crippen LogP contribution in [0.5, 0.6) is 0 Å². The molecule has 13 heteroatoms. The summed E-state index contributed by atoms with van der Waals surface area (Å²) in [7, 11) is 1.50. The maximum Gasteiger partial charge on any atom is 0.183 e. The summed E-state index contributed by atoms with van der Waals surface area (Å²) >= 11 is 0. The second-order valence-electron chi connectivity index (χ2n) is 2.08. The Morgan fingerprint density at radius 3 is 0.947 bits per heavy atom. The molecule has 0 aliphatic rings. The first kappa shape index (κ1) is 74.7. The van der Waals surface area contributed by atoms with Gasteiger partial charge in [-0.15, -0.1) is 71.9 Å². The molecule has 0 saturated heterocycles. The summed E-state index contributed by atoms with van der Waals surface area (Å²) in [6.45, 7) is 5.00. The minimum absolute atomic E-state index is 0. The van der Waals surface area contributed by atoms with Gasteiger partial charge in [-0.25, -0.2) is 0 Å². The van der Waals surface area contributed by atoms with Gasteiger partial charge in [-0.05, 0) is 19.5 Å². The third-order valence-corrected chi connectivity index (χ3v) is 0.471. The molecule has 130 valence electrons. The minimum atomic E-state index is -0.333. The first-order chi connectivity index (χ1) is 5.00. The molecular formula is C6H24I7N5Pb-4. The molecule has 0 spiro atoms. The van der Waals surface area contributed by atoms with Crippen LogP contribution in [-0.2, 0) is 0 Å². The number of nitrogens with two attached hydrogens (primary N) is 4. The van der Waals surface area contributed by atoms with E-state index in [4.69, 9.17) is 11.1 Å². The number of guanidine groups is 1. The second kappa shape index (κ2) is 76.8. The van der Waals surface area contributed by atoms with Crippen LogP contribution in [0.15, 0.2) is 0 Å². The monoisotopic (exact) mass is 1260 g/mol. The maximum atomic E-state index is 6.06. The van der Waals surface area contributed by atoms with Crippen molar-refractivity contribution in [3.63, 3.8) is 0 Å². The number of halogens is 7. The van der Waals surface area contributed by atoms with E-state index < -0.39 is 0 Å².